The van der Waals surface area contributed by atoms with Crippen LogP contribution in [0.2, 0.25) is 0 Å². The highest BCUT2D eigenvalue weighted by Gasteiger charge is 2.35. The van der Waals surface area contributed by atoms with Crippen LogP contribution in [0, 0.1) is 34.5 Å². The fourth-order valence-corrected chi connectivity index (χ4v) is 2.42. The monoisotopic (exact) mass is 265 g/mol. The van der Waals surface area contributed by atoms with Gasteiger partial charge in [-0.15, -0.1) is 0 Å². The van der Waals surface area contributed by atoms with Gasteiger partial charge in [0.05, 0.1) is 35.6 Å². The van der Waals surface area contributed by atoms with Gasteiger partial charge in [0, 0.05) is 5.92 Å². The molecule has 1 aliphatic heterocycles. The second-order valence-corrected chi connectivity index (χ2v) is 4.59. The highest BCUT2D eigenvalue weighted by molar-refractivity contribution is 8.03. The van der Waals surface area contributed by atoms with Crippen LogP contribution in [0.1, 0.15) is 6.92 Å². The van der Waals surface area contributed by atoms with E-state index in [-0.39, 0.29) is 5.75 Å². The van der Waals surface area contributed by atoms with Gasteiger partial charge in [0.2, 0.25) is 5.91 Å². The number of rotatable bonds is 3. The summed E-state index contributed by atoms with van der Waals surface area (Å²) in [7, 11) is 1.26. The van der Waals surface area contributed by atoms with E-state index < -0.39 is 23.7 Å². The molecule has 0 spiro atoms. The second kappa shape index (κ2) is 6.08. The van der Waals surface area contributed by atoms with Crippen molar-refractivity contribution in [3.8, 4) is 12.1 Å². The Bertz CT molecular complexity index is 487. The molecule has 1 N–H and O–H groups in total. The Morgan fingerprint density at radius 1 is 1.56 bits per heavy atom. The topological polar surface area (TPSA) is 103 Å². The van der Waals surface area contributed by atoms with Crippen molar-refractivity contribution >= 4 is 23.6 Å². The maximum Gasteiger partial charge on any atom is 0.316 e. The quantitative estimate of drug-likeness (QED) is 0.747. The average Bonchev–Trinajstić information content (AvgIpc) is 2.36. The van der Waals surface area contributed by atoms with Crippen molar-refractivity contribution in [3.05, 3.63) is 10.6 Å². The number of carbonyl (C=O) groups is 2. The molecule has 0 aromatic rings. The maximum atomic E-state index is 11.6. The van der Waals surface area contributed by atoms with Crippen LogP contribution in [0.3, 0.4) is 0 Å². The van der Waals surface area contributed by atoms with E-state index in [0.29, 0.717) is 10.6 Å². The first kappa shape index (κ1) is 14.1. The SMILES string of the molecule is COC(=O)CSC1=C(C#N)[C@H](C)[C@@H](C#N)C(=O)N1. The number of nitrogens with zero attached hydrogens (tertiary/aromatic N) is 2. The molecule has 94 valence electrons. The largest absolute Gasteiger partial charge is 0.468 e. The molecule has 0 aliphatic carbocycles. The zero-order valence-corrected chi connectivity index (χ0v) is 10.7. The molecule has 7 heteroatoms. The van der Waals surface area contributed by atoms with E-state index in [4.69, 9.17) is 10.5 Å². The van der Waals surface area contributed by atoms with E-state index in [1.807, 2.05) is 12.1 Å². The Balaban J connectivity index is 2.94. The molecule has 2 atom stereocenters. The summed E-state index contributed by atoms with van der Waals surface area (Å²) in [6, 6.07) is 3.84. The third kappa shape index (κ3) is 2.82. The fourth-order valence-electron chi connectivity index (χ4n) is 1.48. The molecule has 0 bridgehead atoms. The smallest absolute Gasteiger partial charge is 0.316 e. The first-order chi connectivity index (χ1) is 8.54. The fraction of sp³-hybridized carbons (Fsp3) is 0.455. The molecule has 0 aromatic heterocycles. The molecule has 6 nitrogen and oxygen atoms in total. The molecule has 0 aromatic carbocycles. The Kier molecular flexibility index (Phi) is 4.75. The lowest BCUT2D eigenvalue weighted by atomic mass is 9.86. The molecule has 0 unspecified atom stereocenters. The predicted molar refractivity (Wildman–Crippen MR) is 63.5 cm³/mol. The molecule has 0 saturated carbocycles. The minimum Gasteiger partial charge on any atom is -0.468 e. The molecule has 0 radical (unpaired) electrons. The van der Waals surface area contributed by atoms with E-state index in [0.717, 1.165) is 11.8 Å². The van der Waals surface area contributed by atoms with Crippen LogP contribution in [0.4, 0.5) is 0 Å². The number of carbonyl (C=O) groups excluding carboxylic acids is 2. The number of allylic oxidation sites excluding steroid dienone is 1. The summed E-state index contributed by atoms with van der Waals surface area (Å²) in [6.45, 7) is 1.64. The third-order valence-corrected chi connectivity index (χ3v) is 3.53. The van der Waals surface area contributed by atoms with Crippen LogP contribution < -0.4 is 5.32 Å². The summed E-state index contributed by atoms with van der Waals surface area (Å²) in [5, 5.41) is 20.7. The predicted octanol–water partition coefficient (Wildman–Crippen LogP) is 0.533. The van der Waals surface area contributed by atoms with Gasteiger partial charge >= 0.3 is 5.97 Å². The van der Waals surface area contributed by atoms with E-state index in [2.05, 4.69) is 10.1 Å². The van der Waals surface area contributed by atoms with Crippen LogP contribution in [-0.4, -0.2) is 24.7 Å². The highest BCUT2D eigenvalue weighted by Crippen LogP contribution is 2.31. The molecular formula is C11H11N3O3S. The maximum absolute atomic E-state index is 11.6. The van der Waals surface area contributed by atoms with Crippen LogP contribution >= 0.6 is 11.8 Å². The Labute approximate surface area is 109 Å². The van der Waals surface area contributed by atoms with E-state index in [1.165, 1.54) is 7.11 Å². The number of esters is 1. The van der Waals surface area contributed by atoms with Gasteiger partial charge in [-0.3, -0.25) is 9.59 Å². The van der Waals surface area contributed by atoms with Crippen LogP contribution in [0.15, 0.2) is 10.6 Å². The first-order valence-electron chi connectivity index (χ1n) is 5.09. The summed E-state index contributed by atoms with van der Waals surface area (Å²) in [5.41, 5.74) is 0.315. The number of nitrogens with one attached hydrogen (secondary N) is 1. The zero-order chi connectivity index (χ0) is 13.7. The lowest BCUT2D eigenvalue weighted by Gasteiger charge is -2.25. The van der Waals surface area contributed by atoms with Crippen molar-refractivity contribution in [2.75, 3.05) is 12.9 Å². The third-order valence-electron chi connectivity index (χ3n) is 2.54. The van der Waals surface area contributed by atoms with Crippen molar-refractivity contribution in [3.63, 3.8) is 0 Å². The Morgan fingerprint density at radius 2 is 2.22 bits per heavy atom. The van der Waals surface area contributed by atoms with Gasteiger partial charge in [0.25, 0.3) is 0 Å². The summed E-state index contributed by atoms with van der Waals surface area (Å²) < 4.78 is 4.48. The number of methoxy groups -OCH3 is 1. The van der Waals surface area contributed by atoms with Crippen molar-refractivity contribution in [1.82, 2.24) is 5.32 Å². The van der Waals surface area contributed by atoms with Gasteiger partial charge in [0.1, 0.15) is 5.92 Å². The van der Waals surface area contributed by atoms with Crippen LogP contribution in [-0.2, 0) is 14.3 Å². The number of nitriles is 2. The molecule has 1 heterocycles. The number of thioether (sulfide) groups is 1. The van der Waals surface area contributed by atoms with Crippen molar-refractivity contribution in [2.24, 2.45) is 11.8 Å². The van der Waals surface area contributed by atoms with E-state index in [9.17, 15) is 9.59 Å². The lowest BCUT2D eigenvalue weighted by molar-refractivity contribution is -0.137. The minimum atomic E-state index is -0.873. The summed E-state index contributed by atoms with van der Waals surface area (Å²) in [5.74, 6) is -2.25. The van der Waals surface area contributed by atoms with Gasteiger partial charge in [-0.05, 0) is 0 Å². The lowest BCUT2D eigenvalue weighted by Crippen LogP contribution is -2.39. The van der Waals surface area contributed by atoms with Gasteiger partial charge in [-0.1, -0.05) is 18.7 Å². The van der Waals surface area contributed by atoms with Crippen molar-refractivity contribution in [2.45, 2.75) is 6.92 Å². The number of ether oxygens (including phenoxy) is 1. The number of hydrogen-bond acceptors (Lipinski definition) is 6. The standard InChI is InChI=1S/C11H11N3O3S/c1-6-7(3-12)10(16)14-11(8(6)4-13)18-5-9(15)17-2/h6-7H,5H2,1-2H3,(H,14,16)/t6-,7-/m1/s1. The van der Waals surface area contributed by atoms with Crippen molar-refractivity contribution < 1.29 is 14.3 Å². The first-order valence-corrected chi connectivity index (χ1v) is 6.08. The second-order valence-electron chi connectivity index (χ2n) is 3.60. The molecule has 1 rings (SSSR count). The summed E-state index contributed by atoms with van der Waals surface area (Å²) in [6.07, 6.45) is 0. The number of hydrogen-bond donors (Lipinski definition) is 1. The summed E-state index contributed by atoms with van der Waals surface area (Å²) in [4.78, 5) is 22.6. The van der Waals surface area contributed by atoms with Gasteiger partial charge in [0.15, 0.2) is 0 Å². The zero-order valence-electron chi connectivity index (χ0n) is 9.89. The van der Waals surface area contributed by atoms with Crippen molar-refractivity contribution in [1.29, 1.82) is 10.5 Å². The van der Waals surface area contributed by atoms with Gasteiger partial charge in [-0.2, -0.15) is 10.5 Å². The molecule has 18 heavy (non-hydrogen) atoms. The van der Waals surface area contributed by atoms with Gasteiger partial charge < -0.3 is 10.1 Å². The molecule has 1 amide bonds. The van der Waals surface area contributed by atoms with Crippen LogP contribution in [0.25, 0.3) is 0 Å². The Morgan fingerprint density at radius 3 is 2.72 bits per heavy atom. The molecule has 0 fully saturated rings. The average molecular weight is 265 g/mol. The molecule has 0 saturated heterocycles. The van der Waals surface area contributed by atoms with Crippen LogP contribution in [0.5, 0.6) is 0 Å². The minimum absolute atomic E-state index is 0.00122. The summed E-state index contributed by atoms with van der Waals surface area (Å²) >= 11 is 1.02. The molecular weight excluding hydrogens is 254 g/mol. The highest BCUT2D eigenvalue weighted by atomic mass is 32.2. The van der Waals surface area contributed by atoms with E-state index >= 15 is 0 Å². The number of amides is 1. The molecule has 1 aliphatic rings. The normalized spacial score (nSPS) is 22.8. The Hall–Kier alpha value is -1.99. The van der Waals surface area contributed by atoms with Gasteiger partial charge in [-0.25, -0.2) is 0 Å². The van der Waals surface area contributed by atoms with E-state index in [1.54, 1.807) is 6.92 Å².